The molecule has 0 bridgehead atoms. The van der Waals surface area contributed by atoms with Gasteiger partial charge in [0.15, 0.2) is 16.4 Å². The van der Waals surface area contributed by atoms with Crippen molar-refractivity contribution >= 4 is 15.7 Å². The summed E-state index contributed by atoms with van der Waals surface area (Å²) >= 11 is 0. The minimum absolute atomic E-state index is 0.102. The topological polar surface area (TPSA) is 120 Å². The second kappa shape index (κ2) is 6.46. The van der Waals surface area contributed by atoms with Gasteiger partial charge >= 0.3 is 0 Å². The molecule has 0 aromatic heterocycles. The molecule has 0 radical (unpaired) electrons. The lowest BCUT2D eigenvalue weighted by molar-refractivity contribution is -0.388. The number of rotatable bonds is 6. The summed E-state index contributed by atoms with van der Waals surface area (Å²) in [6.45, 7) is 2.40. The summed E-state index contributed by atoms with van der Waals surface area (Å²) in [7, 11) is -2.36. The number of ether oxygens (including phenoxy) is 2. The molecule has 0 fully saturated rings. The first-order valence-electron chi connectivity index (χ1n) is 6.60. The molecule has 1 aliphatic rings. The van der Waals surface area contributed by atoms with Crippen LogP contribution in [0.1, 0.15) is 6.92 Å². The van der Waals surface area contributed by atoms with E-state index in [0.29, 0.717) is 0 Å². The number of benzene rings is 1. The van der Waals surface area contributed by atoms with Crippen LogP contribution in [0.2, 0.25) is 0 Å². The van der Waals surface area contributed by atoms with Gasteiger partial charge in [-0.25, -0.2) is 13.1 Å². The van der Waals surface area contributed by atoms with Crippen LogP contribution >= 0.6 is 0 Å². The van der Waals surface area contributed by atoms with Gasteiger partial charge < -0.3 is 14.8 Å². The van der Waals surface area contributed by atoms with Crippen molar-refractivity contribution in [3.63, 3.8) is 0 Å². The van der Waals surface area contributed by atoms with E-state index in [1.54, 1.807) is 14.0 Å². The third-order valence-corrected chi connectivity index (χ3v) is 4.64. The average molecular weight is 331 g/mol. The van der Waals surface area contributed by atoms with E-state index >= 15 is 0 Å². The molecule has 1 atom stereocenters. The fraction of sp³-hybridized carbons (Fsp3) is 0.500. The average Bonchev–Trinajstić information content (AvgIpc) is 2.51. The first-order chi connectivity index (χ1) is 10.3. The van der Waals surface area contributed by atoms with Gasteiger partial charge in [0.25, 0.3) is 5.69 Å². The van der Waals surface area contributed by atoms with E-state index in [0.717, 1.165) is 12.1 Å². The summed E-state index contributed by atoms with van der Waals surface area (Å²) in [5.74, 6) is 0.347. The van der Waals surface area contributed by atoms with Crippen LogP contribution in [-0.4, -0.2) is 46.2 Å². The number of hydrogen-bond donors (Lipinski definition) is 2. The number of nitro benzene ring substituents is 1. The normalized spacial score (nSPS) is 15.4. The van der Waals surface area contributed by atoms with Crippen molar-refractivity contribution in [2.45, 2.75) is 17.9 Å². The lowest BCUT2D eigenvalue weighted by atomic mass is 10.2. The second-order valence-electron chi connectivity index (χ2n) is 4.76. The zero-order valence-electron chi connectivity index (χ0n) is 12.2. The van der Waals surface area contributed by atoms with Crippen molar-refractivity contribution in [2.24, 2.45) is 0 Å². The van der Waals surface area contributed by atoms with E-state index in [-0.39, 0.29) is 37.3 Å². The minimum Gasteiger partial charge on any atom is -0.486 e. The highest BCUT2D eigenvalue weighted by atomic mass is 32.2. The molecule has 2 rings (SSSR count). The molecule has 2 N–H and O–H groups in total. The van der Waals surface area contributed by atoms with Crippen molar-refractivity contribution in [3.8, 4) is 11.5 Å². The Morgan fingerprint density at radius 3 is 2.45 bits per heavy atom. The second-order valence-corrected chi connectivity index (χ2v) is 6.50. The van der Waals surface area contributed by atoms with Gasteiger partial charge in [0, 0.05) is 18.7 Å². The summed E-state index contributed by atoms with van der Waals surface area (Å²) in [4.78, 5) is 9.96. The fourth-order valence-corrected chi connectivity index (χ4v) is 3.13. The lowest BCUT2D eigenvalue weighted by Gasteiger charge is -2.19. The SMILES string of the molecule is CNC(C)CNS(=O)(=O)c1cc2c(cc1[N+](=O)[O-])OCCO2. The van der Waals surface area contributed by atoms with Gasteiger partial charge in [-0.3, -0.25) is 10.1 Å². The van der Waals surface area contributed by atoms with Gasteiger partial charge in [0.1, 0.15) is 13.2 Å². The Morgan fingerprint density at radius 1 is 1.32 bits per heavy atom. The summed E-state index contributed by atoms with van der Waals surface area (Å²) < 4.78 is 37.5. The molecule has 22 heavy (non-hydrogen) atoms. The van der Waals surface area contributed by atoms with Crippen molar-refractivity contribution in [1.29, 1.82) is 0 Å². The molecule has 1 aromatic rings. The molecule has 10 heteroatoms. The third kappa shape index (κ3) is 3.46. The Labute approximate surface area is 127 Å². The highest BCUT2D eigenvalue weighted by Crippen LogP contribution is 2.38. The quantitative estimate of drug-likeness (QED) is 0.566. The van der Waals surface area contributed by atoms with Crippen LogP contribution in [0.3, 0.4) is 0 Å². The van der Waals surface area contributed by atoms with Gasteiger partial charge in [0.05, 0.1) is 11.0 Å². The van der Waals surface area contributed by atoms with E-state index in [1.165, 1.54) is 0 Å². The molecule has 0 saturated carbocycles. The van der Waals surface area contributed by atoms with E-state index in [1.807, 2.05) is 0 Å². The number of fused-ring (bicyclic) bond motifs is 1. The molecule has 1 unspecified atom stereocenters. The van der Waals surface area contributed by atoms with Crippen LogP contribution in [0, 0.1) is 10.1 Å². The molecule has 1 aliphatic heterocycles. The largest absolute Gasteiger partial charge is 0.486 e. The Balaban J connectivity index is 2.41. The Bertz CT molecular complexity index is 676. The number of nitrogens with zero attached hydrogens (tertiary/aromatic N) is 1. The number of sulfonamides is 1. The van der Waals surface area contributed by atoms with E-state index in [2.05, 4.69) is 10.0 Å². The molecular formula is C12H17N3O6S. The maximum Gasteiger partial charge on any atom is 0.293 e. The Kier molecular flexibility index (Phi) is 4.84. The molecule has 122 valence electrons. The number of likely N-dealkylation sites (N-methyl/N-ethyl adjacent to an activating group) is 1. The van der Waals surface area contributed by atoms with Crippen molar-refractivity contribution in [2.75, 3.05) is 26.8 Å². The third-order valence-electron chi connectivity index (χ3n) is 3.18. The van der Waals surface area contributed by atoms with Crippen molar-refractivity contribution in [3.05, 3.63) is 22.2 Å². The highest BCUT2D eigenvalue weighted by Gasteiger charge is 2.30. The molecular weight excluding hydrogens is 314 g/mol. The molecule has 1 aromatic carbocycles. The first kappa shape index (κ1) is 16.5. The van der Waals surface area contributed by atoms with Crippen LogP contribution in [0.4, 0.5) is 5.69 Å². The minimum atomic E-state index is -4.04. The monoisotopic (exact) mass is 331 g/mol. The van der Waals surface area contributed by atoms with Crippen LogP contribution in [-0.2, 0) is 10.0 Å². The molecule has 0 aliphatic carbocycles. The summed E-state index contributed by atoms with van der Waals surface area (Å²) in [6.07, 6.45) is 0. The van der Waals surface area contributed by atoms with Crippen LogP contribution in [0.25, 0.3) is 0 Å². The Morgan fingerprint density at radius 2 is 1.91 bits per heavy atom. The molecule has 0 saturated heterocycles. The van der Waals surface area contributed by atoms with Gasteiger partial charge in [-0.1, -0.05) is 0 Å². The van der Waals surface area contributed by atoms with E-state index < -0.39 is 25.5 Å². The summed E-state index contributed by atoms with van der Waals surface area (Å²) in [5.41, 5.74) is -0.547. The number of nitro groups is 1. The smallest absolute Gasteiger partial charge is 0.293 e. The maximum absolute atomic E-state index is 12.3. The number of nitrogens with one attached hydrogen (secondary N) is 2. The predicted octanol–water partition coefficient (Wildman–Crippen LogP) is 0.252. The zero-order chi connectivity index (χ0) is 16.3. The molecule has 0 amide bonds. The van der Waals surface area contributed by atoms with Crippen LogP contribution in [0.15, 0.2) is 17.0 Å². The number of hydrogen-bond acceptors (Lipinski definition) is 7. The predicted molar refractivity (Wildman–Crippen MR) is 77.8 cm³/mol. The first-order valence-corrected chi connectivity index (χ1v) is 8.08. The fourth-order valence-electron chi connectivity index (χ4n) is 1.83. The van der Waals surface area contributed by atoms with Crippen molar-refractivity contribution < 1.29 is 22.8 Å². The van der Waals surface area contributed by atoms with Gasteiger partial charge in [-0.15, -0.1) is 0 Å². The van der Waals surface area contributed by atoms with E-state index in [4.69, 9.17) is 9.47 Å². The Hall–Kier alpha value is -1.91. The lowest BCUT2D eigenvalue weighted by Crippen LogP contribution is -2.37. The highest BCUT2D eigenvalue weighted by molar-refractivity contribution is 7.89. The van der Waals surface area contributed by atoms with Crippen LogP contribution < -0.4 is 19.5 Å². The standard InChI is InChI=1S/C12H17N3O6S/c1-8(13-2)7-14-22(18,19)12-6-11-10(20-3-4-21-11)5-9(12)15(16)17/h5-6,8,13-14H,3-4,7H2,1-2H3. The van der Waals surface area contributed by atoms with Gasteiger partial charge in [0.2, 0.25) is 10.0 Å². The van der Waals surface area contributed by atoms with Crippen LogP contribution in [0.5, 0.6) is 11.5 Å². The maximum atomic E-state index is 12.3. The summed E-state index contributed by atoms with van der Waals surface area (Å²) in [5, 5.41) is 14.0. The van der Waals surface area contributed by atoms with E-state index in [9.17, 15) is 18.5 Å². The molecule has 9 nitrogen and oxygen atoms in total. The van der Waals surface area contributed by atoms with Gasteiger partial charge in [-0.2, -0.15) is 0 Å². The molecule has 0 spiro atoms. The van der Waals surface area contributed by atoms with Gasteiger partial charge in [-0.05, 0) is 14.0 Å². The summed E-state index contributed by atoms with van der Waals surface area (Å²) in [6, 6.07) is 2.08. The zero-order valence-corrected chi connectivity index (χ0v) is 13.0. The van der Waals surface area contributed by atoms with Crippen molar-refractivity contribution in [1.82, 2.24) is 10.0 Å². The molecule has 1 heterocycles.